The number of nitrogens with one attached hydrogen (secondary N) is 1. The molecule has 4 rings (SSSR count). The van der Waals surface area contributed by atoms with Gasteiger partial charge in [0.15, 0.2) is 0 Å². The lowest BCUT2D eigenvalue weighted by Gasteiger charge is -2.12. The van der Waals surface area contributed by atoms with Gasteiger partial charge in [0.05, 0.1) is 22.5 Å². The van der Waals surface area contributed by atoms with Gasteiger partial charge in [-0.3, -0.25) is 4.79 Å². The van der Waals surface area contributed by atoms with Gasteiger partial charge in [0.2, 0.25) is 0 Å². The minimum Gasteiger partial charge on any atom is -0.351 e. The van der Waals surface area contributed by atoms with E-state index in [1.54, 1.807) is 0 Å². The summed E-state index contributed by atoms with van der Waals surface area (Å²) in [5.41, 5.74) is 2.78. The van der Waals surface area contributed by atoms with Crippen molar-refractivity contribution in [1.29, 1.82) is 0 Å². The van der Waals surface area contributed by atoms with E-state index in [0.29, 0.717) is 34.4 Å². The average Bonchev–Trinajstić information content (AvgIpc) is 3.33. The number of carbonyl (C=O) groups is 1. The quantitative estimate of drug-likeness (QED) is 0.444. The second-order valence-corrected chi connectivity index (χ2v) is 8.05. The molecular formula is C21H17Cl2N3OS. The molecule has 0 saturated carbocycles. The number of hydrogen-bond donors (Lipinski definition) is 1. The molecular weight excluding hydrogens is 413 g/mol. The molecule has 1 amide bonds. The highest BCUT2D eigenvalue weighted by molar-refractivity contribution is 7.12. The largest absolute Gasteiger partial charge is 0.351 e. The number of halogens is 2. The Hall–Kier alpha value is -2.34. The molecule has 0 radical (unpaired) electrons. The topological polar surface area (TPSA) is 46.9 Å². The minimum atomic E-state index is -0.0631. The van der Waals surface area contributed by atoms with Crippen molar-refractivity contribution < 1.29 is 4.79 Å². The molecule has 2 aromatic carbocycles. The molecule has 4 aromatic rings. The van der Waals surface area contributed by atoms with Crippen LogP contribution in [0.1, 0.15) is 21.1 Å². The summed E-state index contributed by atoms with van der Waals surface area (Å²) in [6.07, 6.45) is 0.605. The molecule has 4 nitrogen and oxygen atoms in total. The Labute approximate surface area is 176 Å². The predicted molar refractivity (Wildman–Crippen MR) is 116 cm³/mol. The third-order valence-corrected chi connectivity index (χ3v) is 6.07. The summed E-state index contributed by atoms with van der Waals surface area (Å²) < 4.78 is 2.11. The van der Waals surface area contributed by atoms with Crippen LogP contribution in [0.4, 0.5) is 0 Å². The molecule has 2 heterocycles. The van der Waals surface area contributed by atoms with Gasteiger partial charge in [-0.1, -0.05) is 47.5 Å². The van der Waals surface area contributed by atoms with Gasteiger partial charge in [0, 0.05) is 28.6 Å². The van der Waals surface area contributed by atoms with E-state index >= 15 is 0 Å². The fourth-order valence-corrected chi connectivity index (χ4v) is 4.27. The number of amides is 1. The van der Waals surface area contributed by atoms with E-state index < -0.39 is 0 Å². The van der Waals surface area contributed by atoms with Crippen LogP contribution in [-0.4, -0.2) is 22.0 Å². The number of benzene rings is 2. The normalized spacial score (nSPS) is 11.1. The van der Waals surface area contributed by atoms with Crippen molar-refractivity contribution in [2.45, 2.75) is 13.0 Å². The first-order chi connectivity index (χ1) is 13.6. The standard InChI is InChI=1S/C21H17Cl2N3OS/c22-15-5-3-6-16(23)14(15)13-26-18-8-2-1-7-17(18)25-20(26)10-11-24-21(27)19-9-4-12-28-19/h1-9,12H,10-11,13H2,(H,24,27). The summed E-state index contributed by atoms with van der Waals surface area (Å²) >= 11 is 14.2. The van der Waals surface area contributed by atoms with Crippen LogP contribution in [0.2, 0.25) is 10.0 Å². The van der Waals surface area contributed by atoms with E-state index in [9.17, 15) is 4.79 Å². The van der Waals surface area contributed by atoms with E-state index in [4.69, 9.17) is 28.2 Å². The van der Waals surface area contributed by atoms with Crippen LogP contribution in [-0.2, 0) is 13.0 Å². The molecule has 7 heteroatoms. The zero-order valence-corrected chi connectivity index (χ0v) is 17.2. The van der Waals surface area contributed by atoms with Gasteiger partial charge in [-0.2, -0.15) is 0 Å². The number of imidazole rings is 1. The molecule has 2 aromatic heterocycles. The van der Waals surface area contributed by atoms with Crippen LogP contribution >= 0.6 is 34.5 Å². The maximum atomic E-state index is 12.2. The van der Waals surface area contributed by atoms with Crippen LogP contribution in [0.25, 0.3) is 11.0 Å². The number of aromatic nitrogens is 2. The lowest BCUT2D eigenvalue weighted by atomic mass is 10.2. The molecule has 0 fully saturated rings. The molecule has 0 saturated heterocycles. The van der Waals surface area contributed by atoms with E-state index in [1.807, 2.05) is 60.0 Å². The molecule has 0 aliphatic carbocycles. The van der Waals surface area contributed by atoms with Crippen LogP contribution < -0.4 is 5.32 Å². The first kappa shape index (κ1) is 19.0. The molecule has 0 atom stereocenters. The van der Waals surface area contributed by atoms with E-state index in [0.717, 1.165) is 22.4 Å². The van der Waals surface area contributed by atoms with Crippen LogP contribution in [0.15, 0.2) is 60.0 Å². The molecule has 0 unspecified atom stereocenters. The molecule has 28 heavy (non-hydrogen) atoms. The van der Waals surface area contributed by atoms with Crippen molar-refractivity contribution >= 4 is 51.5 Å². The number of carbonyl (C=O) groups excluding carboxylic acids is 1. The number of nitrogens with zero attached hydrogens (tertiary/aromatic N) is 2. The summed E-state index contributed by atoms with van der Waals surface area (Å²) in [6.45, 7) is 1.02. The number of thiophene rings is 1. The maximum absolute atomic E-state index is 12.2. The second kappa shape index (κ2) is 8.35. The number of rotatable bonds is 6. The fourth-order valence-electron chi connectivity index (χ4n) is 3.12. The predicted octanol–water partition coefficient (Wildman–Crippen LogP) is 5.43. The molecule has 1 N–H and O–H groups in total. The van der Waals surface area contributed by atoms with Crippen molar-refractivity contribution in [3.8, 4) is 0 Å². The third kappa shape index (κ3) is 3.92. The van der Waals surface area contributed by atoms with E-state index in [1.165, 1.54) is 11.3 Å². The smallest absolute Gasteiger partial charge is 0.261 e. The summed E-state index contributed by atoms with van der Waals surface area (Å²) in [6, 6.07) is 17.1. The maximum Gasteiger partial charge on any atom is 0.261 e. The highest BCUT2D eigenvalue weighted by atomic mass is 35.5. The summed E-state index contributed by atoms with van der Waals surface area (Å²) in [5, 5.41) is 6.10. The number of para-hydroxylation sites is 2. The van der Waals surface area contributed by atoms with E-state index in [-0.39, 0.29) is 5.91 Å². The Bertz CT molecular complexity index is 1100. The van der Waals surface area contributed by atoms with Gasteiger partial charge in [0.1, 0.15) is 5.82 Å². The number of fused-ring (bicyclic) bond motifs is 1. The van der Waals surface area contributed by atoms with Crippen molar-refractivity contribution in [3.63, 3.8) is 0 Å². The molecule has 0 aliphatic rings. The van der Waals surface area contributed by atoms with Gasteiger partial charge >= 0.3 is 0 Å². The van der Waals surface area contributed by atoms with Gasteiger partial charge in [-0.25, -0.2) is 4.98 Å². The molecule has 142 valence electrons. The summed E-state index contributed by atoms with van der Waals surface area (Å²) in [5.74, 6) is 0.815. The summed E-state index contributed by atoms with van der Waals surface area (Å²) in [4.78, 5) is 17.6. The molecule has 0 spiro atoms. The van der Waals surface area contributed by atoms with Crippen molar-refractivity contribution in [2.24, 2.45) is 0 Å². The second-order valence-electron chi connectivity index (χ2n) is 6.29. The highest BCUT2D eigenvalue weighted by Crippen LogP contribution is 2.27. The van der Waals surface area contributed by atoms with Crippen LogP contribution in [0.5, 0.6) is 0 Å². The fraction of sp³-hybridized carbons (Fsp3) is 0.143. The Morgan fingerprint density at radius 2 is 1.82 bits per heavy atom. The van der Waals surface area contributed by atoms with Crippen LogP contribution in [0.3, 0.4) is 0 Å². The van der Waals surface area contributed by atoms with E-state index in [2.05, 4.69) is 9.88 Å². The van der Waals surface area contributed by atoms with Gasteiger partial charge in [-0.15, -0.1) is 11.3 Å². The van der Waals surface area contributed by atoms with Crippen molar-refractivity contribution in [3.05, 3.63) is 86.3 Å². The third-order valence-electron chi connectivity index (χ3n) is 4.49. The minimum absolute atomic E-state index is 0.0631. The Morgan fingerprint density at radius 1 is 1.04 bits per heavy atom. The first-order valence-electron chi connectivity index (χ1n) is 8.82. The lowest BCUT2D eigenvalue weighted by Crippen LogP contribution is -2.25. The van der Waals surface area contributed by atoms with Gasteiger partial charge in [-0.05, 0) is 35.7 Å². The van der Waals surface area contributed by atoms with Gasteiger partial charge < -0.3 is 9.88 Å². The van der Waals surface area contributed by atoms with Crippen LogP contribution in [0, 0.1) is 0 Å². The van der Waals surface area contributed by atoms with Gasteiger partial charge in [0.25, 0.3) is 5.91 Å². The SMILES string of the molecule is O=C(NCCc1nc2ccccc2n1Cc1c(Cl)cccc1Cl)c1cccs1. The monoisotopic (exact) mass is 429 g/mol. The highest BCUT2D eigenvalue weighted by Gasteiger charge is 2.14. The zero-order chi connectivity index (χ0) is 19.5. The Kier molecular flexibility index (Phi) is 5.67. The molecule has 0 bridgehead atoms. The first-order valence-corrected chi connectivity index (χ1v) is 10.5. The lowest BCUT2D eigenvalue weighted by molar-refractivity contribution is 0.0958. The average molecular weight is 430 g/mol. The zero-order valence-electron chi connectivity index (χ0n) is 14.9. The van der Waals surface area contributed by atoms with Crippen molar-refractivity contribution in [2.75, 3.05) is 6.54 Å². The Morgan fingerprint density at radius 3 is 2.57 bits per heavy atom. The van der Waals surface area contributed by atoms with Crippen molar-refractivity contribution in [1.82, 2.24) is 14.9 Å². The molecule has 0 aliphatic heterocycles. The number of hydrogen-bond acceptors (Lipinski definition) is 3. The Balaban J connectivity index is 1.59. The summed E-state index contributed by atoms with van der Waals surface area (Å²) in [7, 11) is 0.